The molecule has 0 saturated heterocycles. The van der Waals surface area contributed by atoms with Crippen LogP contribution < -0.4 is 14.4 Å². The standard InChI is InChI=1S/C24H24N2O7/c1-13-7-8-15(26(30)31)11-18(13)25-17-5-4-6-19(27)23(17)16(12-22(25)28)14-9-20(32-2)24(29)21(10-14)33-3/h7-11,16,29H,4-6,12H2,1-3H3. The topological polar surface area (TPSA) is 119 Å². The van der Waals surface area contributed by atoms with E-state index >= 15 is 0 Å². The molecule has 0 fully saturated rings. The van der Waals surface area contributed by atoms with Gasteiger partial charge in [-0.15, -0.1) is 0 Å². The predicted octanol–water partition coefficient (Wildman–Crippen LogP) is 4.15. The first-order chi connectivity index (χ1) is 15.8. The van der Waals surface area contributed by atoms with Gasteiger partial charge in [0.25, 0.3) is 5.69 Å². The molecule has 1 amide bonds. The Kier molecular flexibility index (Phi) is 5.80. The lowest BCUT2D eigenvalue weighted by molar-refractivity contribution is -0.384. The normalized spacial score (nSPS) is 18.3. The number of amides is 1. The smallest absolute Gasteiger partial charge is 0.271 e. The first kappa shape index (κ1) is 22.3. The molecule has 9 nitrogen and oxygen atoms in total. The molecule has 2 aliphatic rings. The fraction of sp³-hybridized carbons (Fsp3) is 0.333. The third kappa shape index (κ3) is 3.79. The Morgan fingerprint density at radius 2 is 1.76 bits per heavy atom. The molecule has 0 saturated carbocycles. The van der Waals surface area contributed by atoms with Crippen molar-refractivity contribution in [3.63, 3.8) is 0 Å². The maximum absolute atomic E-state index is 13.4. The van der Waals surface area contributed by atoms with Crippen LogP contribution in [-0.4, -0.2) is 35.9 Å². The van der Waals surface area contributed by atoms with Gasteiger partial charge in [-0.25, -0.2) is 0 Å². The summed E-state index contributed by atoms with van der Waals surface area (Å²) >= 11 is 0. The van der Waals surface area contributed by atoms with Crippen LogP contribution in [-0.2, 0) is 9.59 Å². The number of ether oxygens (including phenoxy) is 2. The highest BCUT2D eigenvalue weighted by atomic mass is 16.6. The summed E-state index contributed by atoms with van der Waals surface area (Å²) in [4.78, 5) is 38.9. The van der Waals surface area contributed by atoms with Gasteiger partial charge in [-0.05, 0) is 43.0 Å². The summed E-state index contributed by atoms with van der Waals surface area (Å²) in [6.45, 7) is 1.78. The Morgan fingerprint density at radius 1 is 1.09 bits per heavy atom. The molecule has 0 bridgehead atoms. The minimum atomic E-state index is -0.543. The molecular weight excluding hydrogens is 428 g/mol. The van der Waals surface area contributed by atoms with E-state index in [9.17, 15) is 24.8 Å². The highest BCUT2D eigenvalue weighted by Crippen LogP contribution is 2.47. The number of non-ortho nitro benzene ring substituents is 1. The van der Waals surface area contributed by atoms with Gasteiger partial charge in [0.1, 0.15) is 0 Å². The number of phenols is 1. The zero-order chi connectivity index (χ0) is 23.9. The van der Waals surface area contributed by atoms with Crippen LogP contribution >= 0.6 is 0 Å². The maximum atomic E-state index is 13.4. The number of rotatable bonds is 5. The summed E-state index contributed by atoms with van der Waals surface area (Å²) < 4.78 is 10.5. The van der Waals surface area contributed by atoms with Gasteiger partial charge >= 0.3 is 0 Å². The minimum Gasteiger partial charge on any atom is -0.502 e. The largest absolute Gasteiger partial charge is 0.502 e. The van der Waals surface area contributed by atoms with Crippen LogP contribution in [0.25, 0.3) is 0 Å². The zero-order valence-electron chi connectivity index (χ0n) is 18.6. The average Bonchev–Trinajstić information content (AvgIpc) is 2.79. The average molecular weight is 452 g/mol. The quantitative estimate of drug-likeness (QED) is 0.534. The molecule has 1 unspecified atom stereocenters. The number of nitrogens with zero attached hydrogens (tertiary/aromatic N) is 2. The van der Waals surface area contributed by atoms with Crippen LogP contribution in [0.1, 0.15) is 42.7 Å². The number of aryl methyl sites for hydroxylation is 1. The fourth-order valence-electron chi connectivity index (χ4n) is 4.62. The van der Waals surface area contributed by atoms with Crippen LogP contribution in [0.3, 0.4) is 0 Å². The third-order valence-electron chi connectivity index (χ3n) is 6.22. The van der Waals surface area contributed by atoms with Crippen LogP contribution in [0.5, 0.6) is 17.2 Å². The van der Waals surface area contributed by atoms with Gasteiger partial charge in [0, 0.05) is 42.2 Å². The number of anilines is 1. The van der Waals surface area contributed by atoms with E-state index < -0.39 is 10.8 Å². The van der Waals surface area contributed by atoms with Gasteiger partial charge in [-0.1, -0.05) is 6.07 Å². The molecule has 1 aliphatic carbocycles. The number of hydrogen-bond acceptors (Lipinski definition) is 7. The highest BCUT2D eigenvalue weighted by Gasteiger charge is 2.41. The Bertz CT molecular complexity index is 1180. The number of hydrogen-bond donors (Lipinski definition) is 1. The number of benzene rings is 2. The van der Waals surface area contributed by atoms with Crippen molar-refractivity contribution in [3.05, 3.63) is 62.8 Å². The lowest BCUT2D eigenvalue weighted by Gasteiger charge is -2.39. The number of phenolic OH excluding ortho intramolecular Hbond substituents is 1. The number of carbonyl (C=O) groups is 2. The molecule has 1 aliphatic heterocycles. The molecule has 33 heavy (non-hydrogen) atoms. The number of methoxy groups -OCH3 is 2. The molecule has 0 radical (unpaired) electrons. The molecule has 2 aromatic rings. The first-order valence-electron chi connectivity index (χ1n) is 10.6. The van der Waals surface area contributed by atoms with E-state index in [1.54, 1.807) is 25.1 Å². The van der Waals surface area contributed by atoms with E-state index in [0.717, 1.165) is 0 Å². The number of carbonyl (C=O) groups excluding carboxylic acids is 2. The summed E-state index contributed by atoms with van der Waals surface area (Å²) in [5, 5.41) is 21.6. The summed E-state index contributed by atoms with van der Waals surface area (Å²) in [5.74, 6) is -0.669. The second-order valence-electron chi connectivity index (χ2n) is 8.12. The van der Waals surface area contributed by atoms with Crippen molar-refractivity contribution in [2.45, 2.75) is 38.5 Å². The Morgan fingerprint density at radius 3 is 2.36 bits per heavy atom. The molecule has 4 rings (SSSR count). The maximum Gasteiger partial charge on any atom is 0.271 e. The van der Waals surface area contributed by atoms with Crippen molar-refractivity contribution in [2.24, 2.45) is 0 Å². The minimum absolute atomic E-state index is 0.0101. The van der Waals surface area contributed by atoms with Crippen molar-refractivity contribution in [3.8, 4) is 17.2 Å². The van der Waals surface area contributed by atoms with E-state index in [2.05, 4.69) is 0 Å². The van der Waals surface area contributed by atoms with Crippen LogP contribution in [0, 0.1) is 17.0 Å². The van der Waals surface area contributed by atoms with E-state index in [0.29, 0.717) is 47.3 Å². The number of aromatic hydroxyl groups is 1. The second kappa shape index (κ2) is 8.57. The fourth-order valence-corrected chi connectivity index (χ4v) is 4.62. The number of nitro benzene ring substituents is 1. The van der Waals surface area contributed by atoms with E-state index in [4.69, 9.17) is 9.47 Å². The third-order valence-corrected chi connectivity index (χ3v) is 6.22. The molecule has 172 valence electrons. The summed E-state index contributed by atoms with van der Waals surface area (Å²) in [7, 11) is 2.82. The Balaban J connectivity index is 1.91. The van der Waals surface area contributed by atoms with Gasteiger partial charge in [-0.3, -0.25) is 24.6 Å². The van der Waals surface area contributed by atoms with Crippen molar-refractivity contribution in [1.82, 2.24) is 0 Å². The van der Waals surface area contributed by atoms with Crippen molar-refractivity contribution in [1.29, 1.82) is 0 Å². The van der Waals surface area contributed by atoms with Gasteiger partial charge in [-0.2, -0.15) is 0 Å². The van der Waals surface area contributed by atoms with E-state index in [1.165, 1.54) is 31.3 Å². The first-order valence-corrected chi connectivity index (χ1v) is 10.6. The van der Waals surface area contributed by atoms with Crippen molar-refractivity contribution >= 4 is 23.1 Å². The Hall–Kier alpha value is -3.88. The van der Waals surface area contributed by atoms with E-state index in [-0.39, 0.29) is 41.0 Å². The van der Waals surface area contributed by atoms with E-state index in [1.807, 2.05) is 0 Å². The predicted molar refractivity (Wildman–Crippen MR) is 120 cm³/mol. The lowest BCUT2D eigenvalue weighted by atomic mass is 9.77. The molecule has 2 aromatic carbocycles. The zero-order valence-corrected chi connectivity index (χ0v) is 18.6. The van der Waals surface area contributed by atoms with Gasteiger partial charge in [0.15, 0.2) is 17.3 Å². The van der Waals surface area contributed by atoms with Crippen molar-refractivity contribution < 1.29 is 29.1 Å². The lowest BCUT2D eigenvalue weighted by Crippen LogP contribution is -2.41. The van der Waals surface area contributed by atoms with Gasteiger partial charge < -0.3 is 14.6 Å². The molecule has 9 heteroatoms. The van der Waals surface area contributed by atoms with Crippen molar-refractivity contribution in [2.75, 3.05) is 19.1 Å². The van der Waals surface area contributed by atoms with Gasteiger partial charge in [0.05, 0.1) is 24.8 Å². The monoisotopic (exact) mass is 452 g/mol. The number of ketones is 1. The second-order valence-corrected chi connectivity index (χ2v) is 8.12. The molecule has 1 N–H and O–H groups in total. The number of nitro groups is 1. The number of allylic oxidation sites excluding steroid dienone is 2. The summed E-state index contributed by atoms with van der Waals surface area (Å²) in [6.07, 6.45) is 1.43. The van der Waals surface area contributed by atoms with Crippen LogP contribution in [0.15, 0.2) is 41.6 Å². The van der Waals surface area contributed by atoms with Crippen LogP contribution in [0.2, 0.25) is 0 Å². The molecule has 1 atom stereocenters. The van der Waals surface area contributed by atoms with Gasteiger partial charge in [0.2, 0.25) is 11.7 Å². The van der Waals surface area contributed by atoms with Crippen LogP contribution in [0.4, 0.5) is 11.4 Å². The highest BCUT2D eigenvalue weighted by molar-refractivity contribution is 6.08. The molecule has 1 heterocycles. The summed E-state index contributed by atoms with van der Waals surface area (Å²) in [6, 6.07) is 7.59. The molecule has 0 aromatic heterocycles. The molecular formula is C24H24N2O7. The Labute approximate surface area is 190 Å². The molecule has 0 spiro atoms. The summed E-state index contributed by atoms with van der Waals surface area (Å²) in [5.41, 5.74) is 2.69. The SMILES string of the molecule is COc1cc(C2CC(=O)N(c3cc([N+](=O)[O-])ccc3C)C3=C2C(=O)CCC3)cc(OC)c1O. The number of Topliss-reactive ketones (excluding diaryl/α,β-unsaturated/α-hetero) is 1.